The second-order valence-corrected chi connectivity index (χ2v) is 7.01. The Morgan fingerprint density at radius 1 is 1.18 bits per heavy atom. The number of aryl methyl sites for hydroxylation is 1. The lowest BCUT2D eigenvalue weighted by atomic mass is 9.93. The van der Waals surface area contributed by atoms with E-state index in [0.717, 1.165) is 23.6 Å². The van der Waals surface area contributed by atoms with Crippen LogP contribution in [0.3, 0.4) is 0 Å². The first-order valence-electron chi connectivity index (χ1n) is 9.08. The van der Waals surface area contributed by atoms with Crippen LogP contribution in [0.5, 0.6) is 0 Å². The second kappa shape index (κ2) is 7.23. The summed E-state index contributed by atoms with van der Waals surface area (Å²) in [5.41, 5.74) is 0.726. The lowest BCUT2D eigenvalue weighted by molar-refractivity contribution is 0.0867. The number of carbonyl (C=O) groups is 1. The maximum Gasteiger partial charge on any atom is 0.254 e. The summed E-state index contributed by atoms with van der Waals surface area (Å²) in [6, 6.07) is 2.51. The zero-order valence-electron chi connectivity index (χ0n) is 15.2. The summed E-state index contributed by atoms with van der Waals surface area (Å²) in [4.78, 5) is 20.6. The number of carbonyl (C=O) groups excluding carboxylic acids is 1. The Bertz CT molecular complexity index is 1030. The summed E-state index contributed by atoms with van der Waals surface area (Å²) >= 11 is 0. The molecule has 2 aromatic heterocycles. The summed E-state index contributed by atoms with van der Waals surface area (Å²) < 4.78 is 29.1. The molecule has 0 radical (unpaired) electrons. The number of amides is 1. The number of nitrogens with one attached hydrogen (secondary N) is 1. The van der Waals surface area contributed by atoms with Gasteiger partial charge in [0.1, 0.15) is 5.52 Å². The highest BCUT2D eigenvalue weighted by molar-refractivity contribution is 5.93. The molecular weight excluding hydrogens is 368 g/mol. The van der Waals surface area contributed by atoms with Crippen molar-refractivity contribution in [2.24, 2.45) is 0 Å². The smallest absolute Gasteiger partial charge is 0.254 e. The van der Waals surface area contributed by atoms with Gasteiger partial charge in [0.15, 0.2) is 11.6 Å². The first kappa shape index (κ1) is 18.4. The molecular formula is C19H19F2N5O2. The molecule has 0 spiro atoms. The predicted octanol–water partition coefficient (Wildman–Crippen LogP) is 2.44. The number of aromatic nitrogens is 4. The van der Waals surface area contributed by atoms with Crippen LogP contribution >= 0.6 is 0 Å². The van der Waals surface area contributed by atoms with Crippen LogP contribution in [0.1, 0.15) is 41.7 Å². The van der Waals surface area contributed by atoms with Gasteiger partial charge in [0, 0.05) is 23.8 Å². The molecule has 28 heavy (non-hydrogen) atoms. The Labute approximate surface area is 159 Å². The number of hydrogen-bond acceptors (Lipinski definition) is 5. The number of fused-ring (bicyclic) bond motifs is 1. The van der Waals surface area contributed by atoms with Gasteiger partial charge in [0.05, 0.1) is 17.4 Å². The van der Waals surface area contributed by atoms with Crippen LogP contribution in [-0.4, -0.2) is 42.9 Å². The summed E-state index contributed by atoms with van der Waals surface area (Å²) in [5, 5.41) is 17.1. The van der Waals surface area contributed by atoms with Gasteiger partial charge in [-0.05, 0) is 44.7 Å². The molecule has 3 aromatic rings. The molecule has 2 N–H and O–H groups in total. The maximum absolute atomic E-state index is 14.3. The summed E-state index contributed by atoms with van der Waals surface area (Å²) in [5.74, 6) is -2.28. The molecule has 1 amide bonds. The second-order valence-electron chi connectivity index (χ2n) is 7.01. The third kappa shape index (κ3) is 3.33. The number of nitrogens with zero attached hydrogens (tertiary/aromatic N) is 4. The Morgan fingerprint density at radius 2 is 1.86 bits per heavy atom. The number of hydrogen-bond donors (Lipinski definition) is 2. The van der Waals surface area contributed by atoms with Crippen molar-refractivity contribution in [1.82, 2.24) is 25.1 Å². The average Bonchev–Trinajstić information content (AvgIpc) is 3.04. The third-order valence-corrected chi connectivity index (χ3v) is 5.04. The number of benzene rings is 1. The number of aliphatic hydroxyl groups excluding tert-OH is 1. The van der Waals surface area contributed by atoms with Crippen molar-refractivity contribution >= 4 is 16.8 Å². The monoisotopic (exact) mass is 387 g/mol. The molecule has 1 aliphatic rings. The minimum atomic E-state index is -1.02. The van der Waals surface area contributed by atoms with E-state index in [1.165, 1.54) is 18.5 Å². The van der Waals surface area contributed by atoms with E-state index in [1.807, 2.05) is 0 Å². The quantitative estimate of drug-likeness (QED) is 0.720. The fraction of sp³-hybridized carbons (Fsp3) is 0.368. The van der Waals surface area contributed by atoms with Crippen LogP contribution in [0.25, 0.3) is 16.9 Å². The topological polar surface area (TPSA) is 92.9 Å². The molecule has 0 atom stereocenters. The maximum atomic E-state index is 14.3. The van der Waals surface area contributed by atoms with E-state index in [-0.39, 0.29) is 35.1 Å². The molecule has 2 heterocycles. The van der Waals surface area contributed by atoms with Crippen LogP contribution in [0.15, 0.2) is 24.5 Å². The van der Waals surface area contributed by atoms with Crippen molar-refractivity contribution in [3.05, 3.63) is 47.4 Å². The molecule has 0 aliphatic heterocycles. The van der Waals surface area contributed by atoms with Gasteiger partial charge in [-0.1, -0.05) is 0 Å². The van der Waals surface area contributed by atoms with Crippen molar-refractivity contribution < 1.29 is 18.7 Å². The molecule has 9 heteroatoms. The molecule has 1 aliphatic carbocycles. The van der Waals surface area contributed by atoms with Crippen molar-refractivity contribution in [2.45, 2.75) is 44.8 Å². The normalized spacial score (nSPS) is 19.7. The van der Waals surface area contributed by atoms with Gasteiger partial charge in [0.25, 0.3) is 11.9 Å². The lowest BCUT2D eigenvalue weighted by Gasteiger charge is -2.26. The highest BCUT2D eigenvalue weighted by atomic mass is 19.2. The van der Waals surface area contributed by atoms with Gasteiger partial charge in [-0.25, -0.2) is 18.7 Å². The zero-order chi connectivity index (χ0) is 19.8. The van der Waals surface area contributed by atoms with Gasteiger partial charge in [-0.3, -0.25) is 4.79 Å². The molecule has 0 bridgehead atoms. The highest BCUT2D eigenvalue weighted by Crippen LogP contribution is 2.25. The standard InChI is InChI=1S/C19H19F2N5O2/c1-10-14-6-7-15(20)16(21)17(14)26(25-10)19-22-8-11(9-23-19)18(28)24-12-2-4-13(27)5-3-12/h6-9,12-13,27H,2-5H2,1H3,(H,24,28). The largest absolute Gasteiger partial charge is 0.393 e. The van der Waals surface area contributed by atoms with Crippen molar-refractivity contribution in [2.75, 3.05) is 0 Å². The van der Waals surface area contributed by atoms with E-state index >= 15 is 0 Å². The van der Waals surface area contributed by atoms with E-state index < -0.39 is 11.6 Å². The summed E-state index contributed by atoms with van der Waals surface area (Å²) in [7, 11) is 0. The van der Waals surface area contributed by atoms with E-state index in [9.17, 15) is 18.7 Å². The Balaban J connectivity index is 1.58. The van der Waals surface area contributed by atoms with Crippen LogP contribution < -0.4 is 5.32 Å². The molecule has 1 fully saturated rings. The Hall–Kier alpha value is -2.94. The van der Waals surface area contributed by atoms with Crippen molar-refractivity contribution in [3.63, 3.8) is 0 Å². The number of halogens is 2. The Morgan fingerprint density at radius 3 is 2.54 bits per heavy atom. The number of aliphatic hydroxyl groups is 1. The summed E-state index contributed by atoms with van der Waals surface area (Å²) in [6.07, 6.45) is 5.12. The van der Waals surface area contributed by atoms with Crippen LogP contribution in [0, 0.1) is 18.6 Å². The lowest BCUT2D eigenvalue weighted by Crippen LogP contribution is -2.38. The third-order valence-electron chi connectivity index (χ3n) is 5.04. The minimum Gasteiger partial charge on any atom is -0.393 e. The predicted molar refractivity (Wildman–Crippen MR) is 97.0 cm³/mol. The molecule has 0 saturated heterocycles. The van der Waals surface area contributed by atoms with E-state index in [0.29, 0.717) is 23.9 Å². The van der Waals surface area contributed by atoms with E-state index in [4.69, 9.17) is 0 Å². The van der Waals surface area contributed by atoms with Gasteiger partial charge in [-0.2, -0.15) is 9.78 Å². The molecule has 1 saturated carbocycles. The van der Waals surface area contributed by atoms with Gasteiger partial charge < -0.3 is 10.4 Å². The van der Waals surface area contributed by atoms with Crippen LogP contribution in [-0.2, 0) is 0 Å². The molecule has 7 nitrogen and oxygen atoms in total. The SMILES string of the molecule is Cc1nn(-c2ncc(C(=O)NC3CCC(O)CC3)cn2)c2c(F)c(F)ccc12. The highest BCUT2D eigenvalue weighted by Gasteiger charge is 2.22. The van der Waals surface area contributed by atoms with Crippen molar-refractivity contribution in [1.29, 1.82) is 0 Å². The average molecular weight is 387 g/mol. The van der Waals surface area contributed by atoms with Gasteiger partial charge >= 0.3 is 0 Å². The first-order chi connectivity index (χ1) is 13.4. The van der Waals surface area contributed by atoms with Crippen LogP contribution in [0.2, 0.25) is 0 Å². The molecule has 146 valence electrons. The minimum absolute atomic E-state index is 0.00496. The molecule has 0 unspecified atom stereocenters. The fourth-order valence-electron chi connectivity index (χ4n) is 3.47. The Kier molecular flexibility index (Phi) is 4.76. The van der Waals surface area contributed by atoms with E-state index in [1.54, 1.807) is 6.92 Å². The van der Waals surface area contributed by atoms with Crippen LogP contribution in [0.4, 0.5) is 8.78 Å². The van der Waals surface area contributed by atoms with Crippen molar-refractivity contribution in [3.8, 4) is 5.95 Å². The summed E-state index contributed by atoms with van der Waals surface area (Å²) in [6.45, 7) is 1.68. The van der Waals surface area contributed by atoms with E-state index in [2.05, 4.69) is 20.4 Å². The number of rotatable bonds is 3. The first-order valence-corrected chi connectivity index (χ1v) is 9.08. The molecule has 4 rings (SSSR count). The fourth-order valence-corrected chi connectivity index (χ4v) is 3.47. The van der Waals surface area contributed by atoms with Gasteiger partial charge in [-0.15, -0.1) is 0 Å². The molecule has 1 aromatic carbocycles. The van der Waals surface area contributed by atoms with Gasteiger partial charge in [0.2, 0.25) is 0 Å². The zero-order valence-corrected chi connectivity index (χ0v) is 15.2.